The molecule has 0 unspecified atom stereocenters. The van der Waals surface area contributed by atoms with Crippen molar-refractivity contribution in [1.29, 1.82) is 0 Å². The van der Waals surface area contributed by atoms with Gasteiger partial charge >= 0.3 is 0 Å². The van der Waals surface area contributed by atoms with Crippen molar-refractivity contribution in [3.05, 3.63) is 34.3 Å². The van der Waals surface area contributed by atoms with Gasteiger partial charge in [-0.25, -0.2) is 4.99 Å². The van der Waals surface area contributed by atoms with Gasteiger partial charge in [-0.3, -0.25) is 0 Å². The quantitative estimate of drug-likeness (QED) is 0.429. The molecule has 0 bridgehead atoms. The second-order valence-electron chi connectivity index (χ2n) is 4.88. The molecule has 0 saturated heterocycles. The molecule has 1 rings (SSSR count). The van der Waals surface area contributed by atoms with Gasteiger partial charge in [0.2, 0.25) is 11.9 Å². The molecule has 0 heterocycles. The Morgan fingerprint density at radius 2 is 1.83 bits per heavy atom. The van der Waals surface area contributed by atoms with Crippen LogP contribution in [0.3, 0.4) is 0 Å². The van der Waals surface area contributed by atoms with E-state index in [4.69, 9.17) is 34.7 Å². The minimum absolute atomic E-state index is 0.0622. The zero-order valence-electron chi connectivity index (χ0n) is 13.5. The largest absolute Gasteiger partial charge is 0.378 e. The highest BCUT2D eigenvalue weighted by Gasteiger charge is 2.10. The molecule has 1 aromatic rings. The highest BCUT2D eigenvalue weighted by atomic mass is 35.5. The number of anilines is 2. The van der Waals surface area contributed by atoms with Gasteiger partial charge < -0.3 is 21.7 Å². The molecule has 0 spiro atoms. The van der Waals surface area contributed by atoms with E-state index < -0.39 is 0 Å². The molecule has 0 aliphatic heterocycles. The minimum atomic E-state index is 0.0622. The fourth-order valence-corrected chi connectivity index (χ4v) is 2.21. The molecule has 126 valence electrons. The molecule has 0 aromatic heterocycles. The third-order valence-corrected chi connectivity index (χ3v) is 3.39. The van der Waals surface area contributed by atoms with Crippen molar-refractivity contribution < 1.29 is 0 Å². The summed E-state index contributed by atoms with van der Waals surface area (Å²) in [7, 11) is 3.80. The number of benzene rings is 1. The summed E-state index contributed by atoms with van der Waals surface area (Å²) in [5, 5.41) is 3.71. The third kappa shape index (κ3) is 6.38. The lowest BCUT2D eigenvalue weighted by Crippen LogP contribution is -2.26. The van der Waals surface area contributed by atoms with Gasteiger partial charge in [0.25, 0.3) is 0 Å². The molecule has 0 aliphatic rings. The van der Waals surface area contributed by atoms with Crippen molar-refractivity contribution in [3.8, 4) is 0 Å². The average Bonchev–Trinajstić information content (AvgIpc) is 2.47. The number of aliphatic imine (C=N–C) groups is 2. The summed E-state index contributed by atoms with van der Waals surface area (Å²) >= 11 is 12.4. The molecule has 0 radical (unpaired) electrons. The van der Waals surface area contributed by atoms with E-state index >= 15 is 0 Å². The zero-order chi connectivity index (χ0) is 17.4. The molecule has 0 atom stereocenters. The van der Waals surface area contributed by atoms with E-state index in [1.54, 1.807) is 12.1 Å². The number of guanidine groups is 2. The number of nitrogens with two attached hydrogens (primary N) is 2. The van der Waals surface area contributed by atoms with Crippen molar-refractivity contribution in [3.63, 3.8) is 0 Å². The van der Waals surface area contributed by atoms with Gasteiger partial charge in [0.15, 0.2) is 0 Å². The van der Waals surface area contributed by atoms with Crippen LogP contribution in [0.4, 0.5) is 11.4 Å². The topological polar surface area (TPSA) is 92.0 Å². The van der Waals surface area contributed by atoms with Gasteiger partial charge in [-0.05, 0) is 18.6 Å². The second kappa shape index (κ2) is 9.27. The minimum Gasteiger partial charge on any atom is -0.378 e. The van der Waals surface area contributed by atoms with Crippen LogP contribution in [0.5, 0.6) is 0 Å². The van der Waals surface area contributed by atoms with E-state index in [1.165, 1.54) is 0 Å². The van der Waals surface area contributed by atoms with E-state index in [9.17, 15) is 0 Å². The molecule has 23 heavy (non-hydrogen) atoms. The molecule has 8 heteroatoms. The van der Waals surface area contributed by atoms with E-state index in [-0.39, 0.29) is 11.9 Å². The molecule has 6 nitrogen and oxygen atoms in total. The van der Waals surface area contributed by atoms with Gasteiger partial charge in [-0.2, -0.15) is 4.99 Å². The van der Waals surface area contributed by atoms with E-state index in [1.807, 2.05) is 38.1 Å². The summed E-state index contributed by atoms with van der Waals surface area (Å²) < 4.78 is 0. The highest BCUT2D eigenvalue weighted by molar-refractivity contribution is 6.40. The lowest BCUT2D eigenvalue weighted by atomic mass is 10.2. The summed E-state index contributed by atoms with van der Waals surface area (Å²) in [5.74, 6) is 0.139. The van der Waals surface area contributed by atoms with Crippen LogP contribution in [0.1, 0.15) is 13.3 Å². The number of allylic oxidation sites excluding steroid dienone is 1. The van der Waals surface area contributed by atoms with Crippen molar-refractivity contribution in [2.75, 3.05) is 30.9 Å². The summed E-state index contributed by atoms with van der Waals surface area (Å²) in [6.45, 7) is 2.49. The molecule has 0 amide bonds. The van der Waals surface area contributed by atoms with Crippen LogP contribution in [0.25, 0.3) is 0 Å². The van der Waals surface area contributed by atoms with Crippen LogP contribution in [-0.2, 0) is 0 Å². The Hall–Kier alpha value is -1.92. The number of hydrogen-bond acceptors (Lipinski definition) is 2. The Kier molecular flexibility index (Phi) is 7.71. The number of nitrogens with zero attached hydrogens (tertiary/aromatic N) is 3. The summed E-state index contributed by atoms with van der Waals surface area (Å²) in [6, 6.07) is 3.55. The summed E-state index contributed by atoms with van der Waals surface area (Å²) in [5.41, 5.74) is 12.8. The predicted molar refractivity (Wildman–Crippen MR) is 102 cm³/mol. The van der Waals surface area contributed by atoms with E-state index in [2.05, 4.69) is 15.3 Å². The number of halogens is 2. The molecule has 5 N–H and O–H groups in total. The van der Waals surface area contributed by atoms with E-state index in [0.717, 1.165) is 12.1 Å². The van der Waals surface area contributed by atoms with Crippen LogP contribution in [0, 0.1) is 0 Å². The Morgan fingerprint density at radius 3 is 2.35 bits per heavy atom. The zero-order valence-corrected chi connectivity index (χ0v) is 15.0. The number of hydrogen-bond donors (Lipinski definition) is 3. The SMILES string of the molecule is CCC=CCN=C(N)N=C(N)Nc1c(Cl)cc(N(C)C)cc1Cl. The normalized spacial score (nSPS) is 12.7. The van der Waals surface area contributed by atoms with Crippen LogP contribution in [-0.4, -0.2) is 32.6 Å². The molecule has 0 aliphatic carbocycles. The third-order valence-electron chi connectivity index (χ3n) is 2.79. The first kappa shape index (κ1) is 19.1. The van der Waals surface area contributed by atoms with Gasteiger partial charge in [0.05, 0.1) is 22.3 Å². The molecular formula is C15H22Cl2N6. The van der Waals surface area contributed by atoms with E-state index in [0.29, 0.717) is 22.3 Å². The second-order valence-corrected chi connectivity index (χ2v) is 5.69. The Morgan fingerprint density at radius 1 is 1.22 bits per heavy atom. The number of rotatable bonds is 5. The lowest BCUT2D eigenvalue weighted by Gasteiger charge is -2.16. The maximum Gasteiger partial charge on any atom is 0.218 e. The van der Waals surface area contributed by atoms with Crippen molar-refractivity contribution in [1.82, 2.24) is 0 Å². The highest BCUT2D eigenvalue weighted by Crippen LogP contribution is 2.34. The first-order valence-electron chi connectivity index (χ1n) is 7.07. The average molecular weight is 357 g/mol. The Labute approximate surface area is 146 Å². The van der Waals surface area contributed by atoms with Crippen molar-refractivity contribution in [2.24, 2.45) is 21.5 Å². The molecular weight excluding hydrogens is 335 g/mol. The smallest absolute Gasteiger partial charge is 0.218 e. The van der Waals surface area contributed by atoms with Gasteiger partial charge in [-0.1, -0.05) is 42.3 Å². The lowest BCUT2D eigenvalue weighted by molar-refractivity contribution is 1.13. The van der Waals surface area contributed by atoms with Gasteiger partial charge in [0, 0.05) is 19.8 Å². The summed E-state index contributed by atoms with van der Waals surface area (Å²) in [6.07, 6.45) is 4.84. The van der Waals surface area contributed by atoms with Crippen molar-refractivity contribution >= 4 is 46.5 Å². The molecule has 1 aromatic carbocycles. The van der Waals surface area contributed by atoms with Gasteiger partial charge in [0.1, 0.15) is 0 Å². The van der Waals surface area contributed by atoms with Crippen molar-refractivity contribution in [2.45, 2.75) is 13.3 Å². The van der Waals surface area contributed by atoms with Crippen LogP contribution in [0.15, 0.2) is 34.3 Å². The maximum absolute atomic E-state index is 6.22. The van der Waals surface area contributed by atoms with Crippen LogP contribution >= 0.6 is 23.2 Å². The first-order chi connectivity index (χ1) is 10.8. The fraction of sp³-hybridized carbons (Fsp3) is 0.333. The number of nitrogens with one attached hydrogen (secondary N) is 1. The van der Waals surface area contributed by atoms with Crippen LogP contribution < -0.4 is 21.7 Å². The standard InChI is InChI=1S/C15H22Cl2N6/c1-4-5-6-7-20-14(18)22-15(19)21-13-11(16)8-10(23(2)3)9-12(13)17/h5-6,8-9H,4,7H2,1-3H3,(H5,18,19,20,21,22). The Balaban J connectivity index is 2.86. The van der Waals surface area contributed by atoms with Crippen LogP contribution in [0.2, 0.25) is 10.0 Å². The molecule has 0 fully saturated rings. The fourth-order valence-electron chi connectivity index (χ4n) is 1.64. The molecule has 0 saturated carbocycles. The van der Waals surface area contributed by atoms with Gasteiger partial charge in [-0.15, -0.1) is 0 Å². The predicted octanol–water partition coefficient (Wildman–Crippen LogP) is 3.07. The Bertz CT molecular complexity index is 599. The monoisotopic (exact) mass is 356 g/mol. The maximum atomic E-state index is 6.22. The first-order valence-corrected chi connectivity index (χ1v) is 7.83. The summed E-state index contributed by atoms with van der Waals surface area (Å²) in [4.78, 5) is 9.91.